The molecule has 0 fully saturated rings. The average Bonchev–Trinajstić information content (AvgIpc) is 2.42. The summed E-state index contributed by atoms with van der Waals surface area (Å²) in [6.45, 7) is 3.74. The topological polar surface area (TPSA) is 64.3 Å². The van der Waals surface area contributed by atoms with Gasteiger partial charge in [0.15, 0.2) is 0 Å². The lowest BCUT2D eigenvalue weighted by atomic mass is 10.1. The van der Waals surface area contributed by atoms with Gasteiger partial charge in [-0.1, -0.05) is 6.08 Å². The van der Waals surface area contributed by atoms with Crippen molar-refractivity contribution in [1.82, 2.24) is 9.97 Å². The van der Waals surface area contributed by atoms with Gasteiger partial charge in [0.05, 0.1) is 0 Å². The Bertz CT molecular complexity index is 611. The van der Waals surface area contributed by atoms with E-state index in [-0.39, 0.29) is 0 Å². The Labute approximate surface area is 118 Å². The van der Waals surface area contributed by atoms with Crippen LogP contribution in [-0.4, -0.2) is 24.1 Å². The Hall–Kier alpha value is -2.56. The summed E-state index contributed by atoms with van der Waals surface area (Å²) in [5, 5.41) is 0. The first kappa shape index (κ1) is 13.9. The van der Waals surface area contributed by atoms with Crippen molar-refractivity contribution in [3.8, 4) is 11.6 Å². The number of ether oxygens (including phenoxy) is 1. The van der Waals surface area contributed by atoms with Gasteiger partial charge in [0.1, 0.15) is 5.75 Å². The molecule has 0 aliphatic carbocycles. The fraction of sp³-hybridized carbons (Fsp3) is 0.200. The zero-order valence-corrected chi connectivity index (χ0v) is 11.7. The number of hydrogen-bond acceptors (Lipinski definition) is 5. The highest BCUT2D eigenvalue weighted by atomic mass is 16.5. The second kappa shape index (κ2) is 6.06. The van der Waals surface area contributed by atoms with Crippen LogP contribution in [0.4, 0.5) is 11.6 Å². The van der Waals surface area contributed by atoms with Gasteiger partial charge in [-0.05, 0) is 24.6 Å². The van der Waals surface area contributed by atoms with E-state index in [2.05, 4.69) is 16.5 Å². The van der Waals surface area contributed by atoms with E-state index in [1.807, 2.05) is 37.2 Å². The molecule has 20 heavy (non-hydrogen) atoms. The van der Waals surface area contributed by atoms with E-state index in [0.29, 0.717) is 23.9 Å². The summed E-state index contributed by atoms with van der Waals surface area (Å²) in [5.74, 6) is 1.82. The number of anilines is 2. The minimum absolute atomic E-state index is 0.499. The van der Waals surface area contributed by atoms with Crippen LogP contribution >= 0.6 is 0 Å². The largest absolute Gasteiger partial charge is 0.439 e. The predicted octanol–water partition coefficient (Wildman–Crippen LogP) is 2.65. The number of allylic oxidation sites excluding steroid dienone is 1. The Balaban J connectivity index is 2.29. The van der Waals surface area contributed by atoms with Gasteiger partial charge in [-0.2, -0.15) is 4.98 Å². The predicted molar refractivity (Wildman–Crippen MR) is 81.2 cm³/mol. The van der Waals surface area contributed by atoms with Crippen LogP contribution < -0.4 is 15.4 Å². The van der Waals surface area contributed by atoms with E-state index in [9.17, 15) is 0 Å². The summed E-state index contributed by atoms with van der Waals surface area (Å²) in [4.78, 5) is 10.3. The van der Waals surface area contributed by atoms with Gasteiger partial charge in [-0.25, -0.2) is 4.98 Å². The molecule has 1 heterocycles. The van der Waals surface area contributed by atoms with Crippen molar-refractivity contribution in [1.29, 1.82) is 0 Å². The van der Waals surface area contributed by atoms with Crippen LogP contribution in [0.15, 0.2) is 43.1 Å². The number of nitrogen functional groups attached to an aromatic ring is 1. The zero-order valence-electron chi connectivity index (χ0n) is 11.7. The Morgan fingerprint density at radius 2 is 2.15 bits per heavy atom. The molecule has 0 unspecified atom stereocenters. The molecule has 0 saturated heterocycles. The molecular weight excluding hydrogens is 252 g/mol. The summed E-state index contributed by atoms with van der Waals surface area (Å²) >= 11 is 0. The number of nitrogens with two attached hydrogens (primary N) is 1. The summed E-state index contributed by atoms with van der Waals surface area (Å²) in [6.07, 6.45) is 4.17. The normalized spacial score (nSPS) is 10.1. The molecule has 2 N–H and O–H groups in total. The summed E-state index contributed by atoms with van der Waals surface area (Å²) < 4.78 is 5.83. The van der Waals surface area contributed by atoms with Crippen LogP contribution in [0.1, 0.15) is 5.56 Å². The van der Waals surface area contributed by atoms with E-state index in [1.54, 1.807) is 18.3 Å². The Morgan fingerprint density at radius 3 is 2.85 bits per heavy atom. The third-order valence-corrected chi connectivity index (χ3v) is 2.68. The maximum atomic E-state index is 5.83. The van der Waals surface area contributed by atoms with Gasteiger partial charge in [-0.15, -0.1) is 6.58 Å². The standard InChI is InChI=1S/C15H18N4O/c1-4-5-11-10-12(16)6-7-13(11)20-14-8-9-17-15(18-14)19(2)3/h4,6-10H,1,5,16H2,2-3H3. The molecule has 2 rings (SSSR count). The van der Waals surface area contributed by atoms with Crippen LogP contribution in [0.5, 0.6) is 11.6 Å². The van der Waals surface area contributed by atoms with Crippen molar-refractivity contribution >= 4 is 11.6 Å². The third kappa shape index (κ3) is 3.26. The van der Waals surface area contributed by atoms with E-state index in [4.69, 9.17) is 10.5 Å². The minimum atomic E-state index is 0.499. The highest BCUT2D eigenvalue weighted by molar-refractivity contribution is 5.49. The molecule has 0 aliphatic heterocycles. The quantitative estimate of drug-likeness (QED) is 0.668. The van der Waals surface area contributed by atoms with Crippen molar-refractivity contribution < 1.29 is 4.74 Å². The van der Waals surface area contributed by atoms with Gasteiger partial charge in [-0.3, -0.25) is 0 Å². The SMILES string of the molecule is C=CCc1cc(N)ccc1Oc1ccnc(N(C)C)n1. The van der Waals surface area contributed by atoms with Gasteiger partial charge in [0, 0.05) is 37.6 Å². The third-order valence-electron chi connectivity index (χ3n) is 2.68. The summed E-state index contributed by atoms with van der Waals surface area (Å²) in [7, 11) is 3.76. The van der Waals surface area contributed by atoms with Crippen molar-refractivity contribution in [3.63, 3.8) is 0 Å². The van der Waals surface area contributed by atoms with E-state index in [0.717, 1.165) is 11.3 Å². The van der Waals surface area contributed by atoms with Crippen molar-refractivity contribution in [2.45, 2.75) is 6.42 Å². The van der Waals surface area contributed by atoms with Crippen LogP contribution in [-0.2, 0) is 6.42 Å². The first-order valence-electron chi connectivity index (χ1n) is 6.27. The average molecular weight is 270 g/mol. The van der Waals surface area contributed by atoms with Gasteiger partial charge in [0.2, 0.25) is 11.8 Å². The van der Waals surface area contributed by atoms with Crippen LogP contribution in [0.25, 0.3) is 0 Å². The van der Waals surface area contributed by atoms with Gasteiger partial charge < -0.3 is 15.4 Å². The lowest BCUT2D eigenvalue weighted by molar-refractivity contribution is 0.457. The molecule has 1 aromatic carbocycles. The second-order valence-electron chi connectivity index (χ2n) is 4.55. The van der Waals surface area contributed by atoms with Crippen molar-refractivity contribution in [2.75, 3.05) is 24.7 Å². The zero-order chi connectivity index (χ0) is 14.5. The van der Waals surface area contributed by atoms with Crippen molar-refractivity contribution in [2.24, 2.45) is 0 Å². The summed E-state index contributed by atoms with van der Waals surface area (Å²) in [6, 6.07) is 7.24. The molecule has 0 atom stereocenters. The lowest BCUT2D eigenvalue weighted by Crippen LogP contribution is -2.12. The molecule has 0 radical (unpaired) electrons. The van der Waals surface area contributed by atoms with E-state index in [1.165, 1.54) is 0 Å². The van der Waals surface area contributed by atoms with Crippen LogP contribution in [0.3, 0.4) is 0 Å². The molecule has 0 amide bonds. The van der Waals surface area contributed by atoms with E-state index >= 15 is 0 Å². The number of nitrogens with zero attached hydrogens (tertiary/aromatic N) is 3. The Kier molecular flexibility index (Phi) is 4.20. The fourth-order valence-corrected chi connectivity index (χ4v) is 1.73. The fourth-order valence-electron chi connectivity index (χ4n) is 1.73. The minimum Gasteiger partial charge on any atom is -0.439 e. The first-order valence-corrected chi connectivity index (χ1v) is 6.27. The monoisotopic (exact) mass is 270 g/mol. The van der Waals surface area contributed by atoms with Crippen molar-refractivity contribution in [3.05, 3.63) is 48.7 Å². The molecule has 0 saturated carbocycles. The van der Waals surface area contributed by atoms with E-state index < -0.39 is 0 Å². The number of rotatable bonds is 5. The van der Waals surface area contributed by atoms with Gasteiger partial charge >= 0.3 is 0 Å². The maximum Gasteiger partial charge on any atom is 0.228 e. The molecular formula is C15H18N4O. The number of hydrogen-bond donors (Lipinski definition) is 1. The highest BCUT2D eigenvalue weighted by Gasteiger charge is 2.07. The second-order valence-corrected chi connectivity index (χ2v) is 4.55. The highest BCUT2D eigenvalue weighted by Crippen LogP contribution is 2.27. The number of benzene rings is 1. The molecule has 0 bridgehead atoms. The molecule has 2 aromatic rings. The molecule has 1 aromatic heterocycles. The molecule has 5 nitrogen and oxygen atoms in total. The first-order chi connectivity index (χ1) is 9.60. The number of aromatic nitrogens is 2. The molecule has 5 heteroatoms. The summed E-state index contributed by atoms with van der Waals surface area (Å²) in [5.41, 5.74) is 7.47. The Morgan fingerprint density at radius 1 is 1.35 bits per heavy atom. The maximum absolute atomic E-state index is 5.83. The molecule has 0 aliphatic rings. The van der Waals surface area contributed by atoms with Crippen LogP contribution in [0.2, 0.25) is 0 Å². The molecule has 0 spiro atoms. The lowest BCUT2D eigenvalue weighted by Gasteiger charge is -2.13. The molecule has 104 valence electrons. The van der Waals surface area contributed by atoms with Gasteiger partial charge in [0.25, 0.3) is 0 Å². The van der Waals surface area contributed by atoms with Crippen LogP contribution in [0, 0.1) is 0 Å². The smallest absolute Gasteiger partial charge is 0.228 e.